The maximum Gasteiger partial charge on any atom is 0.228 e. The molecule has 0 radical (unpaired) electrons. The molecule has 0 aliphatic carbocycles. The van der Waals surface area contributed by atoms with Crippen LogP contribution in [0.3, 0.4) is 0 Å². The highest BCUT2D eigenvalue weighted by Gasteiger charge is 2.11. The lowest BCUT2D eigenvalue weighted by atomic mass is 10.2. The van der Waals surface area contributed by atoms with E-state index in [4.69, 9.17) is 27.4 Å². The molecule has 9 nitrogen and oxygen atoms in total. The van der Waals surface area contributed by atoms with Gasteiger partial charge >= 0.3 is 0 Å². The molecule has 0 unspecified atom stereocenters. The van der Waals surface area contributed by atoms with E-state index in [0.29, 0.717) is 34.5 Å². The van der Waals surface area contributed by atoms with Gasteiger partial charge in [-0.2, -0.15) is 0 Å². The van der Waals surface area contributed by atoms with Gasteiger partial charge in [-0.1, -0.05) is 0 Å². The van der Waals surface area contributed by atoms with Crippen molar-refractivity contribution in [3.8, 4) is 11.5 Å². The molecule has 4 N–H and O–H groups in total. The van der Waals surface area contributed by atoms with Crippen LogP contribution in [0, 0.1) is 0 Å². The minimum atomic E-state index is 0.146. The monoisotopic (exact) mass is 357 g/mol. The number of hydrogen-bond acceptors (Lipinski definition) is 8. The zero-order valence-corrected chi connectivity index (χ0v) is 14.3. The Labute approximate surface area is 148 Å². The summed E-state index contributed by atoms with van der Waals surface area (Å²) >= 11 is 4.77. The normalized spacial score (nSPS) is 10.3. The van der Waals surface area contributed by atoms with Crippen LogP contribution in [0.25, 0.3) is 10.9 Å². The molecule has 0 spiro atoms. The predicted octanol–water partition coefficient (Wildman–Crippen LogP) is 1.84. The second-order valence-corrected chi connectivity index (χ2v) is 5.30. The SMILES string of the molecule is COc1cc2ncnc(Nc3ncc(NC(N)=S)cn3)c2cc1OC. The van der Waals surface area contributed by atoms with Gasteiger partial charge in [0.05, 0.1) is 37.8 Å². The third kappa shape index (κ3) is 3.63. The van der Waals surface area contributed by atoms with Gasteiger partial charge in [-0.3, -0.25) is 0 Å². The summed E-state index contributed by atoms with van der Waals surface area (Å²) in [5.74, 6) is 2.07. The van der Waals surface area contributed by atoms with Crippen LogP contribution in [0.5, 0.6) is 11.5 Å². The summed E-state index contributed by atoms with van der Waals surface area (Å²) in [6.07, 6.45) is 4.56. The number of nitrogens with two attached hydrogens (primary N) is 1. The molecule has 0 saturated heterocycles. The molecule has 2 aromatic heterocycles. The van der Waals surface area contributed by atoms with Crippen molar-refractivity contribution in [3.05, 3.63) is 30.9 Å². The van der Waals surface area contributed by atoms with Crippen molar-refractivity contribution in [2.24, 2.45) is 5.73 Å². The predicted molar refractivity (Wildman–Crippen MR) is 98.4 cm³/mol. The molecule has 3 aromatic rings. The van der Waals surface area contributed by atoms with Gasteiger partial charge in [0.2, 0.25) is 5.95 Å². The summed E-state index contributed by atoms with van der Waals surface area (Å²) in [7, 11) is 3.14. The fourth-order valence-electron chi connectivity index (χ4n) is 2.19. The molecule has 3 rings (SSSR count). The average molecular weight is 357 g/mol. The van der Waals surface area contributed by atoms with Gasteiger partial charge in [-0.25, -0.2) is 19.9 Å². The Morgan fingerprint density at radius 1 is 1.04 bits per heavy atom. The third-order valence-electron chi connectivity index (χ3n) is 3.29. The fourth-order valence-corrected chi connectivity index (χ4v) is 2.31. The van der Waals surface area contributed by atoms with Crippen molar-refractivity contribution in [2.75, 3.05) is 24.9 Å². The largest absolute Gasteiger partial charge is 0.493 e. The summed E-state index contributed by atoms with van der Waals surface area (Å²) in [5.41, 5.74) is 6.70. The van der Waals surface area contributed by atoms with Crippen molar-refractivity contribution in [3.63, 3.8) is 0 Å². The Morgan fingerprint density at radius 3 is 2.36 bits per heavy atom. The number of anilines is 3. The van der Waals surface area contributed by atoms with Crippen molar-refractivity contribution in [2.45, 2.75) is 0 Å². The van der Waals surface area contributed by atoms with Gasteiger partial charge in [0.1, 0.15) is 12.1 Å². The summed E-state index contributed by atoms with van der Waals surface area (Å²) in [6.45, 7) is 0. The van der Waals surface area contributed by atoms with E-state index >= 15 is 0 Å². The number of methoxy groups -OCH3 is 2. The zero-order chi connectivity index (χ0) is 17.8. The summed E-state index contributed by atoms with van der Waals surface area (Å²) in [6, 6.07) is 3.57. The number of benzene rings is 1. The van der Waals surface area contributed by atoms with E-state index in [2.05, 4.69) is 30.6 Å². The maximum absolute atomic E-state index is 5.41. The number of aromatic nitrogens is 4. The minimum Gasteiger partial charge on any atom is -0.493 e. The van der Waals surface area contributed by atoms with Crippen molar-refractivity contribution >= 4 is 45.7 Å². The molecule has 0 fully saturated rings. The van der Waals surface area contributed by atoms with E-state index < -0.39 is 0 Å². The average Bonchev–Trinajstić information content (AvgIpc) is 2.62. The van der Waals surface area contributed by atoms with E-state index in [1.54, 1.807) is 38.7 Å². The lowest BCUT2D eigenvalue weighted by molar-refractivity contribution is 0.356. The number of nitrogens with one attached hydrogen (secondary N) is 2. The molecule has 1 aromatic carbocycles. The number of thiocarbonyl (C=S) groups is 1. The molecule has 0 aliphatic heterocycles. The summed E-state index contributed by atoms with van der Waals surface area (Å²) < 4.78 is 10.6. The van der Waals surface area contributed by atoms with Gasteiger partial charge in [-0.15, -0.1) is 0 Å². The molecule has 2 heterocycles. The van der Waals surface area contributed by atoms with Crippen molar-refractivity contribution < 1.29 is 9.47 Å². The number of ether oxygens (including phenoxy) is 2. The van der Waals surface area contributed by atoms with E-state index in [-0.39, 0.29) is 5.11 Å². The molecule has 128 valence electrons. The highest BCUT2D eigenvalue weighted by molar-refractivity contribution is 7.80. The third-order valence-corrected chi connectivity index (χ3v) is 3.39. The molecular formula is C15H15N7O2S. The molecule has 0 aliphatic rings. The topological polar surface area (TPSA) is 120 Å². The first-order chi connectivity index (χ1) is 12.1. The van der Waals surface area contributed by atoms with Crippen LogP contribution < -0.4 is 25.8 Å². The number of nitrogens with zero attached hydrogens (tertiary/aromatic N) is 4. The van der Waals surface area contributed by atoms with Crippen molar-refractivity contribution in [1.29, 1.82) is 0 Å². The van der Waals surface area contributed by atoms with Crippen LogP contribution >= 0.6 is 12.2 Å². The van der Waals surface area contributed by atoms with Crippen LogP contribution in [0.1, 0.15) is 0 Å². The van der Waals surface area contributed by atoms with Gasteiger partial charge in [0.25, 0.3) is 0 Å². The first-order valence-corrected chi connectivity index (χ1v) is 7.54. The Morgan fingerprint density at radius 2 is 1.72 bits per heavy atom. The first kappa shape index (κ1) is 16.6. The van der Waals surface area contributed by atoms with E-state index in [0.717, 1.165) is 5.39 Å². The summed E-state index contributed by atoms with van der Waals surface area (Å²) in [4.78, 5) is 16.9. The first-order valence-electron chi connectivity index (χ1n) is 7.13. The Kier molecular flexibility index (Phi) is 4.70. The Bertz CT molecular complexity index is 918. The highest BCUT2D eigenvalue weighted by atomic mass is 32.1. The standard InChI is InChI=1S/C15H15N7O2S/c1-23-11-3-9-10(4-12(11)24-2)19-7-20-13(9)22-15-17-5-8(6-18-15)21-14(16)25/h3-7H,1-2H3,(H3,16,21,25)(H,17,18,19,20,22). The fraction of sp³-hybridized carbons (Fsp3) is 0.133. The smallest absolute Gasteiger partial charge is 0.228 e. The quantitative estimate of drug-likeness (QED) is 0.583. The molecule has 10 heteroatoms. The molecule has 0 atom stereocenters. The second kappa shape index (κ2) is 7.09. The minimum absolute atomic E-state index is 0.146. The van der Waals surface area contributed by atoms with Crippen LogP contribution in [-0.2, 0) is 0 Å². The number of hydrogen-bond donors (Lipinski definition) is 3. The molecule has 0 bridgehead atoms. The molecule has 25 heavy (non-hydrogen) atoms. The lowest BCUT2D eigenvalue weighted by Gasteiger charge is -2.11. The lowest BCUT2D eigenvalue weighted by Crippen LogP contribution is -2.19. The van der Waals surface area contributed by atoms with Crippen LogP contribution in [0.4, 0.5) is 17.5 Å². The van der Waals surface area contributed by atoms with E-state index in [1.165, 1.54) is 6.33 Å². The van der Waals surface area contributed by atoms with Crippen LogP contribution in [-0.4, -0.2) is 39.3 Å². The summed E-state index contributed by atoms with van der Waals surface area (Å²) in [5, 5.41) is 6.70. The van der Waals surface area contributed by atoms with Gasteiger partial charge < -0.3 is 25.8 Å². The Hall–Kier alpha value is -3.27. The van der Waals surface area contributed by atoms with Crippen molar-refractivity contribution in [1.82, 2.24) is 19.9 Å². The molecule has 0 saturated carbocycles. The Balaban J connectivity index is 1.94. The number of rotatable bonds is 5. The van der Waals surface area contributed by atoms with Gasteiger partial charge in [0.15, 0.2) is 16.6 Å². The van der Waals surface area contributed by atoms with E-state index in [9.17, 15) is 0 Å². The van der Waals surface area contributed by atoms with Crippen LogP contribution in [0.15, 0.2) is 30.9 Å². The van der Waals surface area contributed by atoms with E-state index in [1.807, 2.05) is 0 Å². The van der Waals surface area contributed by atoms with Gasteiger partial charge in [-0.05, 0) is 18.3 Å². The highest BCUT2D eigenvalue weighted by Crippen LogP contribution is 2.34. The van der Waals surface area contributed by atoms with Gasteiger partial charge in [0, 0.05) is 11.5 Å². The van der Waals surface area contributed by atoms with Crippen LogP contribution in [0.2, 0.25) is 0 Å². The molecular weight excluding hydrogens is 342 g/mol. The number of fused-ring (bicyclic) bond motifs is 1. The zero-order valence-electron chi connectivity index (χ0n) is 13.5. The molecule has 0 amide bonds. The second-order valence-electron chi connectivity index (χ2n) is 4.86. The maximum atomic E-state index is 5.41.